The summed E-state index contributed by atoms with van der Waals surface area (Å²) in [4.78, 5) is 23.7. The van der Waals surface area contributed by atoms with Crippen LogP contribution in [0.25, 0.3) is 0 Å². The van der Waals surface area contributed by atoms with Gasteiger partial charge in [0.15, 0.2) is 6.54 Å². The van der Waals surface area contributed by atoms with Crippen LogP contribution < -0.4 is 10.2 Å². The molecule has 1 aliphatic rings. The molecule has 0 saturated carbocycles. The molecule has 1 unspecified atom stereocenters. The van der Waals surface area contributed by atoms with Crippen LogP contribution in [0.3, 0.4) is 0 Å². The molecule has 0 spiro atoms. The summed E-state index contributed by atoms with van der Waals surface area (Å²) in [5.74, 6) is -0.125. The Balaban J connectivity index is 1.60. The van der Waals surface area contributed by atoms with Crippen molar-refractivity contribution in [3.8, 4) is 0 Å². The van der Waals surface area contributed by atoms with Gasteiger partial charge in [0.2, 0.25) is 0 Å². The van der Waals surface area contributed by atoms with Crippen LogP contribution in [0.4, 0.5) is 11.4 Å². The van der Waals surface area contributed by atoms with Crippen molar-refractivity contribution < 1.29 is 14.6 Å². The molecule has 3 rings (SSSR count). The fourth-order valence-corrected chi connectivity index (χ4v) is 2.92. The monoisotopic (exact) mass is 312 g/mol. The highest BCUT2D eigenvalue weighted by Gasteiger charge is 2.21. The van der Waals surface area contributed by atoms with E-state index < -0.39 is 4.92 Å². The van der Waals surface area contributed by atoms with Gasteiger partial charge in [-0.2, -0.15) is 0 Å². The lowest BCUT2D eigenvalue weighted by atomic mass is 10.00. The summed E-state index contributed by atoms with van der Waals surface area (Å²) in [6, 6.07) is 14.3. The van der Waals surface area contributed by atoms with Crippen LogP contribution >= 0.6 is 0 Å². The number of amides is 1. The van der Waals surface area contributed by atoms with E-state index in [1.54, 1.807) is 12.1 Å². The van der Waals surface area contributed by atoms with Crippen molar-refractivity contribution in [1.82, 2.24) is 0 Å². The third kappa shape index (κ3) is 3.73. The Morgan fingerprint density at radius 3 is 2.74 bits per heavy atom. The first kappa shape index (κ1) is 15.2. The molecule has 2 aromatic rings. The van der Waals surface area contributed by atoms with E-state index in [4.69, 9.17) is 0 Å². The van der Waals surface area contributed by atoms with Crippen LogP contribution in [-0.2, 0) is 17.8 Å². The molecule has 1 amide bonds. The van der Waals surface area contributed by atoms with Crippen LogP contribution in [0.5, 0.6) is 0 Å². The molecule has 2 N–H and O–H groups in total. The first-order valence-electron chi connectivity index (χ1n) is 7.56. The number of quaternary nitrogens is 1. The Hall–Kier alpha value is -2.73. The van der Waals surface area contributed by atoms with Gasteiger partial charge in [-0.05, 0) is 11.6 Å². The van der Waals surface area contributed by atoms with Gasteiger partial charge in [0.25, 0.3) is 11.6 Å². The molecule has 2 aromatic carbocycles. The van der Waals surface area contributed by atoms with Crippen LogP contribution in [0.2, 0.25) is 0 Å². The number of nitrogens with zero attached hydrogens (tertiary/aromatic N) is 1. The van der Waals surface area contributed by atoms with E-state index in [1.165, 1.54) is 28.2 Å². The van der Waals surface area contributed by atoms with Gasteiger partial charge < -0.3 is 10.2 Å². The molecule has 6 nitrogen and oxygen atoms in total. The predicted octanol–water partition coefficient (Wildman–Crippen LogP) is 1.17. The minimum absolute atomic E-state index is 0.0259. The second kappa shape index (κ2) is 6.58. The number of hydrogen-bond acceptors (Lipinski definition) is 3. The van der Waals surface area contributed by atoms with Gasteiger partial charge in [-0.25, -0.2) is 0 Å². The maximum atomic E-state index is 12.2. The molecule has 0 aromatic heterocycles. The SMILES string of the molecule is O=C(C[NH+]1CCc2ccccc2C1)Nc1cccc([N+](=O)[O-])c1. The summed E-state index contributed by atoms with van der Waals surface area (Å²) in [6.07, 6.45) is 0.968. The molecule has 6 heteroatoms. The highest BCUT2D eigenvalue weighted by atomic mass is 16.6. The number of hydrogen-bond donors (Lipinski definition) is 2. The molecule has 0 radical (unpaired) electrons. The van der Waals surface area contributed by atoms with Crippen molar-refractivity contribution in [3.63, 3.8) is 0 Å². The normalized spacial score (nSPS) is 16.4. The Morgan fingerprint density at radius 2 is 1.96 bits per heavy atom. The minimum Gasteiger partial charge on any atom is -0.323 e. The van der Waals surface area contributed by atoms with E-state index in [0.29, 0.717) is 12.2 Å². The molecule has 1 aliphatic heterocycles. The van der Waals surface area contributed by atoms with E-state index in [1.807, 2.05) is 12.1 Å². The standard InChI is InChI=1S/C17H17N3O3/c21-17(18-15-6-3-7-16(10-15)20(22)23)12-19-9-8-13-4-1-2-5-14(13)11-19/h1-7,10H,8-9,11-12H2,(H,18,21)/p+1. The number of fused-ring (bicyclic) bond motifs is 1. The van der Waals surface area contributed by atoms with Crippen LogP contribution in [0, 0.1) is 10.1 Å². The topological polar surface area (TPSA) is 76.7 Å². The molecule has 0 saturated heterocycles. The number of carbonyl (C=O) groups excluding carboxylic acids is 1. The van der Waals surface area contributed by atoms with Crippen molar-refractivity contribution in [2.75, 3.05) is 18.4 Å². The Morgan fingerprint density at radius 1 is 1.17 bits per heavy atom. The lowest BCUT2D eigenvalue weighted by molar-refractivity contribution is -0.907. The largest absolute Gasteiger partial charge is 0.323 e. The van der Waals surface area contributed by atoms with E-state index in [0.717, 1.165) is 19.5 Å². The first-order chi connectivity index (χ1) is 11.1. The third-order valence-corrected chi connectivity index (χ3v) is 4.06. The number of anilines is 1. The molecule has 1 heterocycles. The lowest BCUT2D eigenvalue weighted by Gasteiger charge is -2.25. The summed E-state index contributed by atoms with van der Waals surface area (Å²) in [5.41, 5.74) is 3.08. The molecule has 0 fully saturated rings. The second-order valence-electron chi connectivity index (χ2n) is 5.73. The van der Waals surface area contributed by atoms with Gasteiger partial charge >= 0.3 is 0 Å². The van der Waals surface area contributed by atoms with Crippen molar-refractivity contribution >= 4 is 17.3 Å². The van der Waals surface area contributed by atoms with Crippen molar-refractivity contribution in [2.24, 2.45) is 0 Å². The maximum Gasteiger partial charge on any atom is 0.279 e. The Kier molecular flexibility index (Phi) is 4.34. The zero-order valence-corrected chi connectivity index (χ0v) is 12.6. The number of benzene rings is 2. The number of carbonyl (C=O) groups is 1. The summed E-state index contributed by atoms with van der Waals surface area (Å²) in [6.45, 7) is 2.11. The van der Waals surface area contributed by atoms with E-state index >= 15 is 0 Å². The van der Waals surface area contributed by atoms with E-state index in [2.05, 4.69) is 17.4 Å². The number of nitro groups is 1. The maximum absolute atomic E-state index is 12.2. The predicted molar refractivity (Wildman–Crippen MR) is 86.3 cm³/mol. The average Bonchev–Trinajstić information content (AvgIpc) is 2.55. The van der Waals surface area contributed by atoms with Crippen molar-refractivity contribution in [3.05, 3.63) is 69.8 Å². The number of non-ortho nitro benzene ring substituents is 1. The molecule has 0 bridgehead atoms. The Bertz CT molecular complexity index is 745. The van der Waals surface area contributed by atoms with Crippen LogP contribution in [0.1, 0.15) is 11.1 Å². The average molecular weight is 312 g/mol. The smallest absolute Gasteiger partial charge is 0.279 e. The van der Waals surface area contributed by atoms with E-state index in [-0.39, 0.29) is 11.6 Å². The summed E-state index contributed by atoms with van der Waals surface area (Å²) >= 11 is 0. The number of rotatable bonds is 4. The zero-order valence-electron chi connectivity index (χ0n) is 12.6. The van der Waals surface area contributed by atoms with Gasteiger partial charge in [0.05, 0.1) is 11.5 Å². The van der Waals surface area contributed by atoms with Crippen LogP contribution in [0.15, 0.2) is 48.5 Å². The summed E-state index contributed by atoms with van der Waals surface area (Å²) < 4.78 is 0. The van der Waals surface area contributed by atoms with Gasteiger partial charge in [0, 0.05) is 29.8 Å². The van der Waals surface area contributed by atoms with Crippen molar-refractivity contribution in [1.29, 1.82) is 0 Å². The van der Waals surface area contributed by atoms with Gasteiger partial charge in [-0.3, -0.25) is 14.9 Å². The van der Waals surface area contributed by atoms with Crippen LogP contribution in [-0.4, -0.2) is 23.9 Å². The second-order valence-corrected chi connectivity index (χ2v) is 5.73. The highest BCUT2D eigenvalue weighted by Crippen LogP contribution is 2.16. The molecular weight excluding hydrogens is 294 g/mol. The minimum atomic E-state index is -0.470. The lowest BCUT2D eigenvalue weighted by Crippen LogP contribution is -3.12. The molecule has 0 aliphatic carbocycles. The third-order valence-electron chi connectivity index (χ3n) is 4.06. The fourth-order valence-electron chi connectivity index (χ4n) is 2.92. The van der Waals surface area contributed by atoms with Gasteiger partial charge in [-0.1, -0.05) is 30.3 Å². The molecule has 23 heavy (non-hydrogen) atoms. The first-order valence-corrected chi connectivity index (χ1v) is 7.56. The fraction of sp³-hybridized carbons (Fsp3) is 0.235. The molecule has 118 valence electrons. The zero-order chi connectivity index (χ0) is 16.2. The van der Waals surface area contributed by atoms with Crippen molar-refractivity contribution in [2.45, 2.75) is 13.0 Å². The van der Waals surface area contributed by atoms with Gasteiger partial charge in [-0.15, -0.1) is 0 Å². The van der Waals surface area contributed by atoms with E-state index in [9.17, 15) is 14.9 Å². The summed E-state index contributed by atoms with van der Waals surface area (Å²) in [5, 5.41) is 13.5. The highest BCUT2D eigenvalue weighted by molar-refractivity contribution is 5.91. The summed E-state index contributed by atoms with van der Waals surface area (Å²) in [7, 11) is 0. The Labute approximate surface area is 133 Å². The molecule has 1 atom stereocenters. The quantitative estimate of drug-likeness (QED) is 0.657. The number of nitro benzene ring substituents is 1. The van der Waals surface area contributed by atoms with Gasteiger partial charge in [0.1, 0.15) is 6.54 Å². The number of nitrogens with one attached hydrogen (secondary N) is 2. The molecular formula is C17H18N3O3+.